The molecule has 0 atom stereocenters. The van der Waals surface area contributed by atoms with Gasteiger partial charge in [-0.15, -0.1) is 0 Å². The minimum Gasteiger partial charge on any atom is -0.355 e. The summed E-state index contributed by atoms with van der Waals surface area (Å²) in [5, 5.41) is 2.81. The molecule has 1 saturated heterocycles. The highest BCUT2D eigenvalue weighted by atomic mass is 16.1. The Morgan fingerprint density at radius 1 is 1.19 bits per heavy atom. The average molecular weight is 283 g/mol. The largest absolute Gasteiger partial charge is 0.355 e. The van der Waals surface area contributed by atoms with Crippen LogP contribution >= 0.6 is 0 Å². The van der Waals surface area contributed by atoms with Gasteiger partial charge in [0.15, 0.2) is 0 Å². The molecule has 2 aromatic rings. The van der Waals surface area contributed by atoms with Crippen LogP contribution in [0.15, 0.2) is 36.9 Å². The molecule has 1 amide bonds. The third-order valence-electron chi connectivity index (χ3n) is 3.48. The van der Waals surface area contributed by atoms with Crippen LogP contribution in [-0.4, -0.2) is 33.9 Å². The number of nitrogens with zero attached hydrogens (tertiary/aromatic N) is 4. The lowest BCUT2D eigenvalue weighted by atomic mass is 10.3. The van der Waals surface area contributed by atoms with Crippen LogP contribution in [0.5, 0.6) is 0 Å². The molecule has 0 aromatic carbocycles. The molecule has 0 saturated carbocycles. The van der Waals surface area contributed by atoms with Gasteiger partial charge in [0.1, 0.15) is 11.5 Å². The van der Waals surface area contributed by atoms with E-state index < -0.39 is 0 Å². The number of pyridine rings is 1. The summed E-state index contributed by atoms with van der Waals surface area (Å²) in [6, 6.07) is 3.75. The van der Waals surface area contributed by atoms with Gasteiger partial charge >= 0.3 is 0 Å². The van der Waals surface area contributed by atoms with Crippen molar-refractivity contribution in [2.45, 2.75) is 19.4 Å². The first-order valence-electron chi connectivity index (χ1n) is 7.07. The Morgan fingerprint density at radius 2 is 2.05 bits per heavy atom. The number of nitrogens with one attached hydrogen (secondary N) is 1. The van der Waals surface area contributed by atoms with E-state index in [9.17, 15) is 4.79 Å². The fourth-order valence-corrected chi connectivity index (χ4v) is 2.32. The number of rotatable bonds is 4. The molecule has 1 aliphatic heterocycles. The Balaban J connectivity index is 1.59. The molecule has 6 nitrogen and oxygen atoms in total. The Morgan fingerprint density at radius 3 is 2.71 bits per heavy atom. The summed E-state index contributed by atoms with van der Waals surface area (Å²) < 4.78 is 0. The molecular formula is C15H17N5O. The summed E-state index contributed by atoms with van der Waals surface area (Å²) in [6.07, 6.45) is 9.01. The van der Waals surface area contributed by atoms with Gasteiger partial charge in [-0.1, -0.05) is 6.07 Å². The van der Waals surface area contributed by atoms with E-state index in [1.165, 1.54) is 19.0 Å². The van der Waals surface area contributed by atoms with Gasteiger partial charge in [0.2, 0.25) is 0 Å². The monoisotopic (exact) mass is 283 g/mol. The first kappa shape index (κ1) is 13.5. The van der Waals surface area contributed by atoms with Crippen LogP contribution in [0.3, 0.4) is 0 Å². The zero-order valence-corrected chi connectivity index (χ0v) is 11.7. The lowest BCUT2D eigenvalue weighted by Gasteiger charge is -2.15. The molecule has 0 bridgehead atoms. The van der Waals surface area contributed by atoms with Gasteiger partial charge in [0.05, 0.1) is 12.4 Å². The van der Waals surface area contributed by atoms with Crippen LogP contribution in [0.25, 0.3) is 0 Å². The van der Waals surface area contributed by atoms with E-state index in [4.69, 9.17) is 0 Å². The molecule has 0 unspecified atom stereocenters. The first-order valence-corrected chi connectivity index (χ1v) is 7.07. The molecule has 1 N–H and O–H groups in total. The zero-order chi connectivity index (χ0) is 14.5. The Bertz CT molecular complexity index is 593. The molecule has 6 heteroatoms. The van der Waals surface area contributed by atoms with Gasteiger partial charge in [-0.2, -0.15) is 0 Å². The van der Waals surface area contributed by atoms with Crippen LogP contribution in [-0.2, 0) is 6.54 Å². The van der Waals surface area contributed by atoms with E-state index in [0.29, 0.717) is 12.2 Å². The molecule has 108 valence electrons. The van der Waals surface area contributed by atoms with Crippen molar-refractivity contribution >= 4 is 11.7 Å². The van der Waals surface area contributed by atoms with Crippen molar-refractivity contribution in [3.8, 4) is 0 Å². The first-order chi connectivity index (χ1) is 10.3. The van der Waals surface area contributed by atoms with Crippen molar-refractivity contribution in [3.63, 3.8) is 0 Å². The molecular weight excluding hydrogens is 266 g/mol. The maximum atomic E-state index is 12.0. The number of amides is 1. The molecule has 0 radical (unpaired) electrons. The highest BCUT2D eigenvalue weighted by Crippen LogP contribution is 2.16. The number of hydrogen-bond donors (Lipinski definition) is 1. The van der Waals surface area contributed by atoms with Crippen molar-refractivity contribution in [1.29, 1.82) is 0 Å². The second kappa shape index (κ2) is 6.30. The number of hydrogen-bond acceptors (Lipinski definition) is 5. The quantitative estimate of drug-likeness (QED) is 0.918. The maximum Gasteiger partial charge on any atom is 0.271 e. The maximum absolute atomic E-state index is 12.0. The molecule has 1 aliphatic rings. The third kappa shape index (κ3) is 3.34. The van der Waals surface area contributed by atoms with E-state index >= 15 is 0 Å². The highest BCUT2D eigenvalue weighted by Gasteiger charge is 2.15. The van der Waals surface area contributed by atoms with Gasteiger partial charge in [0, 0.05) is 32.0 Å². The van der Waals surface area contributed by atoms with Crippen molar-refractivity contribution in [1.82, 2.24) is 20.3 Å². The molecule has 21 heavy (non-hydrogen) atoms. The second-order valence-electron chi connectivity index (χ2n) is 5.00. The van der Waals surface area contributed by atoms with E-state index in [2.05, 4.69) is 25.2 Å². The molecule has 0 aliphatic carbocycles. The van der Waals surface area contributed by atoms with Crippen LogP contribution in [0.4, 0.5) is 5.82 Å². The topological polar surface area (TPSA) is 71.0 Å². The van der Waals surface area contributed by atoms with Crippen LogP contribution < -0.4 is 10.2 Å². The molecule has 1 fully saturated rings. The number of aromatic nitrogens is 3. The Hall–Kier alpha value is -2.50. The number of carbonyl (C=O) groups excluding carboxylic acids is 1. The molecule has 2 aromatic heterocycles. The van der Waals surface area contributed by atoms with Crippen LogP contribution in [0.2, 0.25) is 0 Å². The van der Waals surface area contributed by atoms with E-state index in [0.717, 1.165) is 24.5 Å². The summed E-state index contributed by atoms with van der Waals surface area (Å²) in [6.45, 7) is 2.46. The smallest absolute Gasteiger partial charge is 0.271 e. The summed E-state index contributed by atoms with van der Waals surface area (Å²) in [4.78, 5) is 26.7. The van der Waals surface area contributed by atoms with Gasteiger partial charge < -0.3 is 10.2 Å². The minimum absolute atomic E-state index is 0.223. The zero-order valence-electron chi connectivity index (χ0n) is 11.7. The van der Waals surface area contributed by atoms with E-state index in [1.807, 2.05) is 12.1 Å². The fraction of sp³-hybridized carbons (Fsp3) is 0.333. The third-order valence-corrected chi connectivity index (χ3v) is 3.48. The SMILES string of the molecule is O=C(NCc1cccnc1)c1cnc(N2CCCC2)cn1. The van der Waals surface area contributed by atoms with Gasteiger partial charge in [-0.3, -0.25) is 9.78 Å². The molecule has 3 heterocycles. The van der Waals surface area contributed by atoms with E-state index in [1.54, 1.807) is 18.6 Å². The Labute approximate surface area is 123 Å². The number of carbonyl (C=O) groups is 1. The average Bonchev–Trinajstić information content (AvgIpc) is 3.08. The lowest BCUT2D eigenvalue weighted by Crippen LogP contribution is -2.25. The standard InChI is InChI=1S/C15H17N5O/c21-15(19-9-12-4-3-5-16-8-12)13-10-18-14(11-17-13)20-6-1-2-7-20/h3-5,8,10-11H,1-2,6-7,9H2,(H,19,21). The van der Waals surface area contributed by atoms with Crippen LogP contribution in [0.1, 0.15) is 28.9 Å². The van der Waals surface area contributed by atoms with Crippen molar-refractivity contribution < 1.29 is 4.79 Å². The molecule has 0 spiro atoms. The second-order valence-corrected chi connectivity index (χ2v) is 5.00. The van der Waals surface area contributed by atoms with E-state index in [-0.39, 0.29) is 5.91 Å². The minimum atomic E-state index is -0.223. The Kier molecular flexibility index (Phi) is 4.04. The van der Waals surface area contributed by atoms with Gasteiger partial charge in [0.25, 0.3) is 5.91 Å². The van der Waals surface area contributed by atoms with Gasteiger partial charge in [-0.05, 0) is 24.5 Å². The predicted molar refractivity (Wildman–Crippen MR) is 78.9 cm³/mol. The summed E-state index contributed by atoms with van der Waals surface area (Å²) in [7, 11) is 0. The summed E-state index contributed by atoms with van der Waals surface area (Å²) in [5.41, 5.74) is 1.29. The highest BCUT2D eigenvalue weighted by molar-refractivity contribution is 5.91. The summed E-state index contributed by atoms with van der Waals surface area (Å²) >= 11 is 0. The lowest BCUT2D eigenvalue weighted by molar-refractivity contribution is 0.0945. The van der Waals surface area contributed by atoms with Crippen molar-refractivity contribution in [2.24, 2.45) is 0 Å². The summed E-state index contributed by atoms with van der Waals surface area (Å²) in [5.74, 6) is 0.621. The molecule has 3 rings (SSSR count). The predicted octanol–water partition coefficient (Wildman–Crippen LogP) is 1.40. The fourth-order valence-electron chi connectivity index (χ4n) is 2.32. The van der Waals surface area contributed by atoms with Gasteiger partial charge in [-0.25, -0.2) is 9.97 Å². The number of anilines is 1. The van der Waals surface area contributed by atoms with Crippen molar-refractivity contribution in [3.05, 3.63) is 48.2 Å². The van der Waals surface area contributed by atoms with Crippen molar-refractivity contribution in [2.75, 3.05) is 18.0 Å². The van der Waals surface area contributed by atoms with Crippen LogP contribution in [0, 0.1) is 0 Å². The normalized spacial score (nSPS) is 14.2.